The molecule has 0 spiro atoms. The summed E-state index contributed by atoms with van der Waals surface area (Å²) in [5.41, 5.74) is 1.02. The number of hydrogen-bond acceptors (Lipinski definition) is 3. The van der Waals surface area contributed by atoms with Crippen molar-refractivity contribution in [1.29, 1.82) is 0 Å². The molecule has 3 rings (SSSR count). The summed E-state index contributed by atoms with van der Waals surface area (Å²) in [5.74, 6) is -0.00320. The van der Waals surface area contributed by atoms with E-state index < -0.39 is 11.4 Å². The Morgan fingerprint density at radius 2 is 2.06 bits per heavy atom. The number of rotatable bonds is 2. The molecule has 1 aliphatic carbocycles. The molecule has 0 amide bonds. The first-order valence-corrected chi connectivity index (χ1v) is 6.30. The van der Waals surface area contributed by atoms with Crippen molar-refractivity contribution in [3.63, 3.8) is 0 Å². The predicted molar refractivity (Wildman–Crippen MR) is 64.5 cm³/mol. The fourth-order valence-corrected chi connectivity index (χ4v) is 3.07. The number of hydrogen-bond donors (Lipinski definition) is 1. The lowest BCUT2D eigenvalue weighted by Gasteiger charge is -2.29. The highest BCUT2D eigenvalue weighted by atomic mass is 16.7. The van der Waals surface area contributed by atoms with Crippen LogP contribution in [0.5, 0.6) is 5.75 Å². The van der Waals surface area contributed by atoms with Gasteiger partial charge in [0.2, 0.25) is 0 Å². The Balaban J connectivity index is 2.13. The molecule has 0 saturated heterocycles. The van der Waals surface area contributed by atoms with Crippen molar-refractivity contribution in [1.82, 2.24) is 0 Å². The molecule has 4 heteroatoms. The summed E-state index contributed by atoms with van der Waals surface area (Å²) in [6.07, 6.45) is 3.32. The smallest absolute Gasteiger partial charge is 0.314 e. The van der Waals surface area contributed by atoms with Gasteiger partial charge in [-0.2, -0.15) is 0 Å². The highest BCUT2D eigenvalue weighted by molar-refractivity contribution is 5.83. The number of ether oxygens (including phenoxy) is 2. The van der Waals surface area contributed by atoms with E-state index in [1.54, 1.807) is 0 Å². The van der Waals surface area contributed by atoms with E-state index in [9.17, 15) is 9.90 Å². The Hall–Kier alpha value is -1.55. The third kappa shape index (κ3) is 1.60. The van der Waals surface area contributed by atoms with Gasteiger partial charge in [0.1, 0.15) is 5.75 Å². The number of carboxylic acid groups (broad SMARTS) is 1. The van der Waals surface area contributed by atoms with Gasteiger partial charge in [-0.25, -0.2) is 0 Å². The SMILES string of the molecule is O=C(O)C1(c2cccc3c2OCOC3)CCCC1. The Labute approximate surface area is 106 Å². The third-order valence-corrected chi connectivity index (χ3v) is 4.02. The van der Waals surface area contributed by atoms with Crippen molar-refractivity contribution in [2.75, 3.05) is 6.79 Å². The molecule has 1 N–H and O–H groups in total. The molecule has 1 fully saturated rings. The number of carbonyl (C=O) groups is 1. The van der Waals surface area contributed by atoms with Gasteiger partial charge in [0, 0.05) is 11.1 Å². The standard InChI is InChI=1S/C14H16O4/c15-13(16)14(6-1-2-7-14)11-5-3-4-10-8-17-9-18-12(10)11/h3-5H,1-2,6-9H2,(H,15,16). The van der Waals surface area contributed by atoms with Crippen LogP contribution in [0, 0.1) is 0 Å². The zero-order valence-corrected chi connectivity index (χ0v) is 10.1. The maximum absolute atomic E-state index is 11.7. The fraction of sp³-hybridized carbons (Fsp3) is 0.500. The zero-order chi connectivity index (χ0) is 12.6. The summed E-state index contributed by atoms with van der Waals surface area (Å²) in [6.45, 7) is 0.707. The summed E-state index contributed by atoms with van der Waals surface area (Å²) in [6, 6.07) is 5.72. The van der Waals surface area contributed by atoms with Gasteiger partial charge in [0.15, 0.2) is 6.79 Å². The lowest BCUT2D eigenvalue weighted by Crippen LogP contribution is -2.34. The minimum atomic E-state index is -0.761. The zero-order valence-electron chi connectivity index (χ0n) is 10.1. The average Bonchev–Trinajstić information content (AvgIpc) is 2.88. The Morgan fingerprint density at radius 1 is 1.28 bits per heavy atom. The molecular weight excluding hydrogens is 232 g/mol. The van der Waals surface area contributed by atoms with E-state index in [-0.39, 0.29) is 6.79 Å². The second kappa shape index (κ2) is 4.28. The quantitative estimate of drug-likeness (QED) is 0.873. The molecule has 1 aromatic carbocycles. The Morgan fingerprint density at radius 3 is 2.78 bits per heavy atom. The minimum absolute atomic E-state index is 0.208. The summed E-state index contributed by atoms with van der Waals surface area (Å²) in [7, 11) is 0. The normalized spacial score (nSPS) is 21.1. The lowest BCUT2D eigenvalue weighted by atomic mass is 9.77. The third-order valence-electron chi connectivity index (χ3n) is 4.02. The average molecular weight is 248 g/mol. The number of aliphatic carboxylic acids is 1. The molecule has 1 aromatic rings. The summed E-state index contributed by atoms with van der Waals surface area (Å²) in [4.78, 5) is 11.7. The van der Waals surface area contributed by atoms with Crippen LogP contribution in [0.25, 0.3) is 0 Å². The molecule has 0 unspecified atom stereocenters. The Bertz CT molecular complexity index is 475. The van der Waals surface area contributed by atoms with E-state index in [4.69, 9.17) is 9.47 Å². The van der Waals surface area contributed by atoms with E-state index in [0.717, 1.165) is 29.7 Å². The number of fused-ring (bicyclic) bond motifs is 1. The van der Waals surface area contributed by atoms with Crippen LogP contribution in [0.4, 0.5) is 0 Å². The highest BCUT2D eigenvalue weighted by Gasteiger charge is 2.45. The minimum Gasteiger partial charge on any atom is -0.481 e. The van der Waals surface area contributed by atoms with E-state index in [1.807, 2.05) is 18.2 Å². The van der Waals surface area contributed by atoms with Crippen molar-refractivity contribution < 1.29 is 19.4 Å². The Kier molecular flexibility index (Phi) is 2.74. The van der Waals surface area contributed by atoms with Crippen LogP contribution in [0.1, 0.15) is 36.8 Å². The number of para-hydroxylation sites is 1. The van der Waals surface area contributed by atoms with Gasteiger partial charge in [-0.1, -0.05) is 31.0 Å². The molecule has 96 valence electrons. The van der Waals surface area contributed by atoms with Gasteiger partial charge in [0.05, 0.1) is 12.0 Å². The van der Waals surface area contributed by atoms with Crippen LogP contribution in [0.15, 0.2) is 18.2 Å². The van der Waals surface area contributed by atoms with E-state index in [1.165, 1.54) is 0 Å². The topological polar surface area (TPSA) is 55.8 Å². The molecule has 0 atom stereocenters. The van der Waals surface area contributed by atoms with Gasteiger partial charge < -0.3 is 14.6 Å². The number of carboxylic acids is 1. The molecular formula is C14H16O4. The van der Waals surface area contributed by atoms with Gasteiger partial charge in [0.25, 0.3) is 0 Å². The van der Waals surface area contributed by atoms with Gasteiger partial charge in [-0.05, 0) is 12.8 Å². The van der Waals surface area contributed by atoms with Crippen LogP contribution in [0.3, 0.4) is 0 Å². The van der Waals surface area contributed by atoms with Gasteiger partial charge in [-0.3, -0.25) is 4.79 Å². The van der Waals surface area contributed by atoms with Crippen molar-refractivity contribution in [3.8, 4) is 5.75 Å². The molecule has 0 radical (unpaired) electrons. The number of benzene rings is 1. The molecule has 0 aromatic heterocycles. The van der Waals surface area contributed by atoms with Crippen LogP contribution >= 0.6 is 0 Å². The van der Waals surface area contributed by atoms with E-state index in [2.05, 4.69) is 0 Å². The van der Waals surface area contributed by atoms with Crippen molar-refractivity contribution >= 4 is 5.97 Å². The lowest BCUT2D eigenvalue weighted by molar-refractivity contribution is -0.143. The molecule has 4 nitrogen and oxygen atoms in total. The molecule has 1 aliphatic heterocycles. The second-order valence-corrected chi connectivity index (χ2v) is 5.00. The van der Waals surface area contributed by atoms with Crippen molar-refractivity contribution in [3.05, 3.63) is 29.3 Å². The molecule has 2 aliphatic rings. The first kappa shape index (κ1) is 11.5. The van der Waals surface area contributed by atoms with Crippen molar-refractivity contribution in [2.24, 2.45) is 0 Å². The van der Waals surface area contributed by atoms with Crippen LogP contribution < -0.4 is 4.74 Å². The first-order valence-electron chi connectivity index (χ1n) is 6.30. The van der Waals surface area contributed by atoms with Crippen LogP contribution in [0.2, 0.25) is 0 Å². The largest absolute Gasteiger partial charge is 0.481 e. The monoisotopic (exact) mass is 248 g/mol. The summed E-state index contributed by atoms with van der Waals surface area (Å²) in [5, 5.41) is 9.63. The molecule has 18 heavy (non-hydrogen) atoms. The maximum Gasteiger partial charge on any atom is 0.314 e. The summed E-state index contributed by atoms with van der Waals surface area (Å²) >= 11 is 0. The van der Waals surface area contributed by atoms with E-state index >= 15 is 0 Å². The fourth-order valence-electron chi connectivity index (χ4n) is 3.07. The second-order valence-electron chi connectivity index (χ2n) is 5.00. The highest BCUT2D eigenvalue weighted by Crippen LogP contribution is 2.46. The van der Waals surface area contributed by atoms with Crippen LogP contribution in [-0.2, 0) is 21.6 Å². The van der Waals surface area contributed by atoms with Crippen molar-refractivity contribution in [2.45, 2.75) is 37.7 Å². The van der Waals surface area contributed by atoms with Crippen LogP contribution in [-0.4, -0.2) is 17.9 Å². The molecule has 1 heterocycles. The first-order chi connectivity index (χ1) is 8.74. The van der Waals surface area contributed by atoms with E-state index in [0.29, 0.717) is 19.4 Å². The maximum atomic E-state index is 11.7. The molecule has 0 bridgehead atoms. The summed E-state index contributed by atoms with van der Waals surface area (Å²) < 4.78 is 10.8. The van der Waals surface area contributed by atoms with Gasteiger partial charge in [-0.15, -0.1) is 0 Å². The van der Waals surface area contributed by atoms with Gasteiger partial charge >= 0.3 is 5.97 Å². The predicted octanol–water partition coefficient (Wildman–Crippen LogP) is 2.45. The molecule has 1 saturated carbocycles.